The van der Waals surface area contributed by atoms with Crippen molar-refractivity contribution in [2.45, 2.75) is 37.3 Å². The maximum atomic E-state index is 12.9. The Morgan fingerprint density at radius 3 is 2.39 bits per heavy atom. The number of carbonyl (C=O) groups excluding carboxylic acids is 1. The maximum Gasteiger partial charge on any atom is 0.289 e. The van der Waals surface area contributed by atoms with Gasteiger partial charge in [-0.15, -0.1) is 0 Å². The Morgan fingerprint density at radius 2 is 1.73 bits per heavy atom. The minimum absolute atomic E-state index is 0.154. The van der Waals surface area contributed by atoms with Crippen LogP contribution < -0.4 is 4.90 Å². The van der Waals surface area contributed by atoms with Gasteiger partial charge >= 0.3 is 0 Å². The summed E-state index contributed by atoms with van der Waals surface area (Å²) in [5.74, 6) is 1.82. The largest absolute Gasteiger partial charge is 0.455 e. The van der Waals surface area contributed by atoms with Crippen molar-refractivity contribution in [3.05, 3.63) is 71.6 Å². The number of amides is 1. The van der Waals surface area contributed by atoms with Crippen LogP contribution in [0.2, 0.25) is 0 Å². The summed E-state index contributed by atoms with van der Waals surface area (Å²) in [5.41, 5.74) is 0.927. The number of hydrogen-bond acceptors (Lipinski definition) is 7. The van der Waals surface area contributed by atoms with E-state index in [1.165, 1.54) is 0 Å². The fourth-order valence-electron chi connectivity index (χ4n) is 3.76. The molecule has 1 saturated heterocycles. The Kier molecular flexibility index (Phi) is 6.51. The van der Waals surface area contributed by atoms with Crippen LogP contribution in [-0.2, 0) is 15.6 Å². The molecule has 0 bridgehead atoms. The second kappa shape index (κ2) is 9.35. The van der Waals surface area contributed by atoms with Gasteiger partial charge in [-0.2, -0.15) is 0 Å². The summed E-state index contributed by atoms with van der Waals surface area (Å²) in [6.45, 7) is 8.44. The highest BCUT2D eigenvalue weighted by Gasteiger charge is 2.26. The van der Waals surface area contributed by atoms with Gasteiger partial charge in [-0.1, -0.05) is 32.0 Å². The first-order valence-electron chi connectivity index (χ1n) is 11.0. The molecule has 1 aliphatic rings. The summed E-state index contributed by atoms with van der Waals surface area (Å²) in [4.78, 5) is 26.2. The number of nitrogens with zero attached hydrogens (tertiary/aromatic N) is 4. The number of rotatable bonds is 6. The molecule has 1 aromatic carbocycles. The summed E-state index contributed by atoms with van der Waals surface area (Å²) < 4.78 is 30.8. The van der Waals surface area contributed by atoms with Gasteiger partial charge in [0.1, 0.15) is 23.2 Å². The van der Waals surface area contributed by atoms with Gasteiger partial charge in [-0.25, -0.2) is 18.4 Å². The highest BCUT2D eigenvalue weighted by atomic mass is 32.2. The van der Waals surface area contributed by atoms with E-state index in [9.17, 15) is 13.2 Å². The Hall–Kier alpha value is -3.20. The first-order valence-corrected chi connectivity index (χ1v) is 12.6. The first-order chi connectivity index (χ1) is 15.7. The van der Waals surface area contributed by atoms with E-state index in [1.807, 2.05) is 13.0 Å². The van der Waals surface area contributed by atoms with Crippen molar-refractivity contribution in [1.29, 1.82) is 0 Å². The van der Waals surface area contributed by atoms with Gasteiger partial charge in [0.15, 0.2) is 15.6 Å². The molecule has 3 aromatic rings. The number of sulfone groups is 1. The third-order valence-corrected chi connectivity index (χ3v) is 7.23. The minimum atomic E-state index is -3.54. The molecule has 0 N–H and O–H groups in total. The molecule has 3 heterocycles. The summed E-state index contributed by atoms with van der Waals surface area (Å²) in [7, 11) is -3.54. The predicted molar refractivity (Wildman–Crippen MR) is 125 cm³/mol. The van der Waals surface area contributed by atoms with Gasteiger partial charge < -0.3 is 14.2 Å². The van der Waals surface area contributed by atoms with Crippen molar-refractivity contribution in [3.8, 4) is 0 Å². The van der Waals surface area contributed by atoms with Crippen molar-refractivity contribution in [2.24, 2.45) is 0 Å². The van der Waals surface area contributed by atoms with Gasteiger partial charge in [0.2, 0.25) is 0 Å². The number of benzene rings is 1. The van der Waals surface area contributed by atoms with Crippen molar-refractivity contribution >= 4 is 21.6 Å². The molecule has 1 amide bonds. The number of anilines is 1. The molecule has 0 spiro atoms. The molecule has 9 heteroatoms. The second-order valence-electron chi connectivity index (χ2n) is 8.50. The molecule has 0 radical (unpaired) electrons. The fraction of sp³-hybridized carbons (Fsp3) is 0.375. The molecule has 0 unspecified atom stereocenters. The van der Waals surface area contributed by atoms with Crippen LogP contribution in [0, 0.1) is 6.92 Å². The Balaban J connectivity index is 1.39. The second-order valence-corrected chi connectivity index (χ2v) is 10.5. The number of aryl methyl sites for hydroxylation is 1. The number of aromatic nitrogens is 2. The lowest BCUT2D eigenvalue weighted by Gasteiger charge is -2.35. The van der Waals surface area contributed by atoms with E-state index in [-0.39, 0.29) is 34.0 Å². The average molecular weight is 469 g/mol. The van der Waals surface area contributed by atoms with Crippen LogP contribution in [0.25, 0.3) is 0 Å². The average Bonchev–Trinajstić information content (AvgIpc) is 3.26. The molecule has 174 valence electrons. The first kappa shape index (κ1) is 23.0. The van der Waals surface area contributed by atoms with Crippen LogP contribution in [0.4, 0.5) is 5.82 Å². The molecule has 0 aliphatic carbocycles. The quantitative estimate of drug-likeness (QED) is 0.547. The smallest absolute Gasteiger partial charge is 0.289 e. The monoisotopic (exact) mass is 468 g/mol. The summed E-state index contributed by atoms with van der Waals surface area (Å²) in [6.07, 6.45) is 0. The molecule has 8 nitrogen and oxygen atoms in total. The van der Waals surface area contributed by atoms with Gasteiger partial charge in [0.25, 0.3) is 5.91 Å². The van der Waals surface area contributed by atoms with Crippen molar-refractivity contribution in [1.82, 2.24) is 14.9 Å². The van der Waals surface area contributed by atoms with E-state index < -0.39 is 9.84 Å². The predicted octanol–water partition coefficient (Wildman–Crippen LogP) is 3.44. The normalized spacial score (nSPS) is 14.7. The number of furan rings is 1. The van der Waals surface area contributed by atoms with Gasteiger partial charge in [0.05, 0.1) is 4.90 Å². The molecule has 33 heavy (non-hydrogen) atoms. The Bertz CT molecular complexity index is 1230. The van der Waals surface area contributed by atoms with E-state index in [4.69, 9.17) is 4.42 Å². The molecule has 2 aromatic heterocycles. The third kappa shape index (κ3) is 5.24. The third-order valence-electron chi connectivity index (χ3n) is 5.57. The van der Waals surface area contributed by atoms with Gasteiger partial charge in [0, 0.05) is 43.9 Å². The molecule has 0 atom stereocenters. The zero-order valence-electron chi connectivity index (χ0n) is 19.1. The molecule has 4 rings (SSSR count). The van der Waals surface area contributed by atoms with Crippen LogP contribution in [0.1, 0.15) is 47.6 Å². The zero-order chi connectivity index (χ0) is 23.6. The van der Waals surface area contributed by atoms with Crippen LogP contribution in [-0.4, -0.2) is 55.4 Å². The number of carbonyl (C=O) groups is 1. The van der Waals surface area contributed by atoms with E-state index >= 15 is 0 Å². The van der Waals surface area contributed by atoms with Crippen LogP contribution in [0.3, 0.4) is 0 Å². The highest BCUT2D eigenvalue weighted by molar-refractivity contribution is 7.90. The molecule has 1 aliphatic heterocycles. The molecular weight excluding hydrogens is 440 g/mol. The fourth-order valence-corrected chi connectivity index (χ4v) is 5.03. The minimum Gasteiger partial charge on any atom is -0.455 e. The topological polar surface area (TPSA) is 96.6 Å². The highest BCUT2D eigenvalue weighted by Crippen LogP contribution is 2.21. The van der Waals surface area contributed by atoms with Crippen LogP contribution >= 0.6 is 0 Å². The van der Waals surface area contributed by atoms with Crippen molar-refractivity contribution in [2.75, 3.05) is 31.1 Å². The SMILES string of the molecule is Cc1cc(N2CCN(C(=O)c3ccc(CS(=O)(=O)c4ccccc4)o3)CC2)nc(C(C)C)n1. The summed E-state index contributed by atoms with van der Waals surface area (Å²) in [5, 5.41) is 0. The molecular formula is C24H28N4O4S. The lowest BCUT2D eigenvalue weighted by molar-refractivity contribution is 0.0713. The lowest BCUT2D eigenvalue weighted by atomic mass is 10.2. The van der Waals surface area contributed by atoms with Gasteiger partial charge in [-0.3, -0.25) is 4.79 Å². The lowest BCUT2D eigenvalue weighted by Crippen LogP contribution is -2.49. The molecule has 0 saturated carbocycles. The Morgan fingerprint density at radius 1 is 1.03 bits per heavy atom. The summed E-state index contributed by atoms with van der Waals surface area (Å²) >= 11 is 0. The number of piperazine rings is 1. The van der Waals surface area contributed by atoms with Crippen LogP contribution in [0.5, 0.6) is 0 Å². The maximum absolute atomic E-state index is 12.9. The summed E-state index contributed by atoms with van der Waals surface area (Å²) in [6, 6.07) is 13.3. The van der Waals surface area contributed by atoms with Crippen molar-refractivity contribution < 1.29 is 17.6 Å². The number of hydrogen-bond donors (Lipinski definition) is 0. The Labute approximate surface area is 194 Å². The van der Waals surface area contributed by atoms with Crippen molar-refractivity contribution in [3.63, 3.8) is 0 Å². The molecule has 1 fully saturated rings. The van der Waals surface area contributed by atoms with E-state index in [0.717, 1.165) is 17.3 Å². The van der Waals surface area contributed by atoms with E-state index in [0.29, 0.717) is 26.2 Å². The van der Waals surface area contributed by atoms with Crippen LogP contribution in [0.15, 0.2) is 57.8 Å². The van der Waals surface area contributed by atoms with E-state index in [1.54, 1.807) is 47.4 Å². The van der Waals surface area contributed by atoms with Gasteiger partial charge in [-0.05, 0) is 31.2 Å². The standard InChI is InChI=1S/C24H28N4O4S/c1-17(2)23-25-18(3)15-22(26-23)27-11-13-28(14-12-27)24(29)21-10-9-19(32-21)16-33(30,31)20-7-5-4-6-8-20/h4-10,15,17H,11-14,16H2,1-3H3. The zero-order valence-corrected chi connectivity index (χ0v) is 19.9. The van der Waals surface area contributed by atoms with E-state index in [2.05, 4.69) is 28.7 Å².